The Morgan fingerprint density at radius 2 is 2.06 bits per heavy atom. The standard InChI is InChI=1S/C10H16N2O5/c1-17-7(13)5-6(8(14)15)12-9(16)10(11)3-2-4-10/h6H,2-5,11H2,1H3,(H,12,16)(H,14,15)/t6-/m0/s1. The molecule has 1 aliphatic rings. The van der Waals surface area contributed by atoms with E-state index in [0.29, 0.717) is 12.8 Å². The van der Waals surface area contributed by atoms with Crippen molar-refractivity contribution >= 4 is 17.8 Å². The predicted octanol–water partition coefficient (Wildman–Crippen LogP) is -1.000. The van der Waals surface area contributed by atoms with Crippen molar-refractivity contribution in [1.82, 2.24) is 5.32 Å². The number of hydrogen-bond acceptors (Lipinski definition) is 5. The molecule has 7 heteroatoms. The summed E-state index contributed by atoms with van der Waals surface area (Å²) in [6, 6.07) is -1.30. The number of carboxylic acids is 1. The highest BCUT2D eigenvalue weighted by atomic mass is 16.5. The summed E-state index contributed by atoms with van der Waals surface area (Å²) in [7, 11) is 1.15. The van der Waals surface area contributed by atoms with E-state index in [1.165, 1.54) is 0 Å². The van der Waals surface area contributed by atoms with E-state index in [-0.39, 0.29) is 0 Å². The molecule has 1 amide bonds. The Bertz CT molecular complexity index is 338. The van der Waals surface area contributed by atoms with Gasteiger partial charge in [0.2, 0.25) is 5.91 Å². The van der Waals surface area contributed by atoms with E-state index in [9.17, 15) is 14.4 Å². The Kier molecular flexibility index (Phi) is 4.06. The number of aliphatic carboxylic acids is 1. The Morgan fingerprint density at radius 1 is 1.47 bits per heavy atom. The van der Waals surface area contributed by atoms with Crippen molar-refractivity contribution in [3.8, 4) is 0 Å². The van der Waals surface area contributed by atoms with Crippen molar-refractivity contribution in [1.29, 1.82) is 0 Å². The molecule has 0 spiro atoms. The van der Waals surface area contributed by atoms with Gasteiger partial charge in [-0.3, -0.25) is 9.59 Å². The zero-order chi connectivity index (χ0) is 13.1. The maximum atomic E-state index is 11.7. The van der Waals surface area contributed by atoms with Crippen LogP contribution in [0.2, 0.25) is 0 Å². The van der Waals surface area contributed by atoms with Gasteiger partial charge in [-0.2, -0.15) is 0 Å². The number of carboxylic acid groups (broad SMARTS) is 1. The van der Waals surface area contributed by atoms with Gasteiger partial charge < -0.3 is 20.9 Å². The quantitative estimate of drug-likeness (QED) is 0.534. The molecule has 0 aromatic carbocycles. The van der Waals surface area contributed by atoms with Crippen LogP contribution < -0.4 is 11.1 Å². The molecule has 0 aliphatic heterocycles. The normalized spacial score (nSPS) is 18.7. The van der Waals surface area contributed by atoms with Crippen molar-refractivity contribution in [2.75, 3.05) is 7.11 Å². The van der Waals surface area contributed by atoms with Gasteiger partial charge in [0.05, 0.1) is 19.1 Å². The van der Waals surface area contributed by atoms with Crippen LogP contribution in [-0.2, 0) is 19.1 Å². The molecule has 0 saturated heterocycles. The minimum Gasteiger partial charge on any atom is -0.480 e. The number of carbonyl (C=O) groups is 3. The van der Waals surface area contributed by atoms with Crippen LogP contribution in [-0.4, -0.2) is 41.6 Å². The number of carbonyl (C=O) groups excluding carboxylic acids is 2. The van der Waals surface area contributed by atoms with Crippen LogP contribution >= 0.6 is 0 Å². The summed E-state index contributed by atoms with van der Waals surface area (Å²) < 4.78 is 4.35. The Balaban J connectivity index is 2.57. The second-order valence-electron chi connectivity index (χ2n) is 4.15. The summed E-state index contributed by atoms with van der Waals surface area (Å²) >= 11 is 0. The van der Waals surface area contributed by atoms with Crippen LogP contribution in [0.15, 0.2) is 0 Å². The van der Waals surface area contributed by atoms with Gasteiger partial charge in [0, 0.05) is 0 Å². The summed E-state index contributed by atoms with van der Waals surface area (Å²) in [6.45, 7) is 0. The third-order valence-electron chi connectivity index (χ3n) is 2.90. The van der Waals surface area contributed by atoms with E-state index >= 15 is 0 Å². The molecule has 7 nitrogen and oxygen atoms in total. The molecule has 0 unspecified atom stereocenters. The number of nitrogens with one attached hydrogen (secondary N) is 1. The molecular formula is C10H16N2O5. The Morgan fingerprint density at radius 3 is 2.41 bits per heavy atom. The van der Waals surface area contributed by atoms with Crippen LogP contribution in [0.3, 0.4) is 0 Å². The molecule has 96 valence electrons. The summed E-state index contributed by atoms with van der Waals surface area (Å²) in [5.41, 5.74) is 4.75. The molecule has 4 N–H and O–H groups in total. The highest BCUT2D eigenvalue weighted by Gasteiger charge is 2.41. The molecule has 1 fully saturated rings. The first-order valence-corrected chi connectivity index (χ1v) is 5.28. The Hall–Kier alpha value is -1.63. The number of nitrogens with two attached hydrogens (primary N) is 1. The van der Waals surface area contributed by atoms with Gasteiger partial charge in [0.25, 0.3) is 0 Å². The van der Waals surface area contributed by atoms with E-state index in [1.54, 1.807) is 0 Å². The lowest BCUT2D eigenvalue weighted by atomic mass is 9.77. The third-order valence-corrected chi connectivity index (χ3v) is 2.90. The number of rotatable bonds is 5. The van der Waals surface area contributed by atoms with Crippen LogP contribution in [0.1, 0.15) is 25.7 Å². The van der Waals surface area contributed by atoms with Crippen molar-refractivity contribution in [3.05, 3.63) is 0 Å². The van der Waals surface area contributed by atoms with Crippen molar-refractivity contribution in [2.45, 2.75) is 37.3 Å². The van der Waals surface area contributed by atoms with Crippen LogP contribution in [0, 0.1) is 0 Å². The van der Waals surface area contributed by atoms with E-state index in [4.69, 9.17) is 10.8 Å². The molecule has 0 bridgehead atoms. The Labute approximate surface area is 98.3 Å². The molecule has 17 heavy (non-hydrogen) atoms. The molecule has 1 atom stereocenters. The monoisotopic (exact) mass is 244 g/mol. The molecule has 0 heterocycles. The summed E-state index contributed by atoms with van der Waals surface area (Å²) in [4.78, 5) is 33.5. The van der Waals surface area contributed by atoms with Crippen LogP contribution in [0.25, 0.3) is 0 Å². The number of ether oxygens (including phenoxy) is 1. The fourth-order valence-corrected chi connectivity index (χ4v) is 1.54. The smallest absolute Gasteiger partial charge is 0.326 e. The average molecular weight is 244 g/mol. The van der Waals surface area contributed by atoms with Gasteiger partial charge in [0.15, 0.2) is 0 Å². The molecule has 1 saturated carbocycles. The molecule has 0 aromatic heterocycles. The lowest BCUT2D eigenvalue weighted by Gasteiger charge is -2.36. The fraction of sp³-hybridized carbons (Fsp3) is 0.700. The maximum Gasteiger partial charge on any atom is 0.326 e. The number of esters is 1. The molecule has 1 rings (SSSR count). The van der Waals surface area contributed by atoms with E-state index in [1.807, 2.05) is 0 Å². The van der Waals surface area contributed by atoms with Crippen molar-refractivity contribution in [2.24, 2.45) is 5.73 Å². The van der Waals surface area contributed by atoms with Gasteiger partial charge >= 0.3 is 11.9 Å². The number of hydrogen-bond donors (Lipinski definition) is 3. The van der Waals surface area contributed by atoms with Crippen molar-refractivity contribution < 1.29 is 24.2 Å². The first-order valence-electron chi connectivity index (χ1n) is 5.28. The van der Waals surface area contributed by atoms with Gasteiger partial charge in [-0.1, -0.05) is 0 Å². The summed E-state index contributed by atoms with van der Waals surface area (Å²) in [5.74, 6) is -2.51. The summed E-state index contributed by atoms with van der Waals surface area (Å²) in [5, 5.41) is 11.1. The van der Waals surface area contributed by atoms with Gasteiger partial charge in [-0.05, 0) is 19.3 Å². The SMILES string of the molecule is COC(=O)C[C@H](NC(=O)C1(N)CCC1)C(=O)O. The second kappa shape index (κ2) is 5.13. The van der Waals surface area contributed by atoms with E-state index in [2.05, 4.69) is 10.1 Å². The van der Waals surface area contributed by atoms with E-state index < -0.39 is 35.8 Å². The summed E-state index contributed by atoms with van der Waals surface area (Å²) in [6.07, 6.45) is 1.50. The van der Waals surface area contributed by atoms with Gasteiger partial charge in [-0.25, -0.2) is 4.79 Å². The zero-order valence-corrected chi connectivity index (χ0v) is 9.56. The predicted molar refractivity (Wildman–Crippen MR) is 57.0 cm³/mol. The second-order valence-corrected chi connectivity index (χ2v) is 4.15. The first-order chi connectivity index (χ1) is 7.89. The highest BCUT2D eigenvalue weighted by Crippen LogP contribution is 2.29. The van der Waals surface area contributed by atoms with Crippen molar-refractivity contribution in [3.63, 3.8) is 0 Å². The average Bonchev–Trinajstić information content (AvgIpc) is 2.24. The fourth-order valence-electron chi connectivity index (χ4n) is 1.54. The molecular weight excluding hydrogens is 228 g/mol. The van der Waals surface area contributed by atoms with E-state index in [0.717, 1.165) is 13.5 Å². The van der Waals surface area contributed by atoms with Gasteiger partial charge in [-0.15, -0.1) is 0 Å². The lowest BCUT2D eigenvalue weighted by molar-refractivity contribution is -0.149. The molecule has 0 aromatic rings. The minimum atomic E-state index is -1.30. The van der Waals surface area contributed by atoms with Crippen LogP contribution in [0.4, 0.5) is 0 Å². The van der Waals surface area contributed by atoms with Gasteiger partial charge in [0.1, 0.15) is 6.04 Å². The maximum absolute atomic E-state index is 11.7. The van der Waals surface area contributed by atoms with Crippen LogP contribution in [0.5, 0.6) is 0 Å². The number of methoxy groups -OCH3 is 1. The molecule has 1 aliphatic carbocycles. The zero-order valence-electron chi connectivity index (χ0n) is 9.56. The largest absolute Gasteiger partial charge is 0.480 e. The number of amides is 1. The molecule has 0 radical (unpaired) electrons. The minimum absolute atomic E-state index is 0.409. The third kappa shape index (κ3) is 3.16. The topological polar surface area (TPSA) is 119 Å². The lowest BCUT2D eigenvalue weighted by Crippen LogP contribution is -2.61. The first kappa shape index (κ1) is 13.4. The highest BCUT2D eigenvalue weighted by molar-refractivity contribution is 5.92.